The molecule has 3 heteroatoms. The van der Waals surface area contributed by atoms with Crippen LogP contribution in [-0.2, 0) is 0 Å². The summed E-state index contributed by atoms with van der Waals surface area (Å²) in [4.78, 5) is 12.7. The van der Waals surface area contributed by atoms with E-state index in [1.54, 1.807) is 0 Å². The normalized spacial score (nSPS) is 19.3. The van der Waals surface area contributed by atoms with Crippen molar-refractivity contribution < 1.29 is 4.79 Å². The molecule has 88 valence electrons. The van der Waals surface area contributed by atoms with Crippen molar-refractivity contribution in [3.63, 3.8) is 0 Å². The van der Waals surface area contributed by atoms with Crippen molar-refractivity contribution in [3.8, 4) is 0 Å². The minimum atomic E-state index is 0.0908. The highest BCUT2D eigenvalue weighted by Crippen LogP contribution is 2.26. The van der Waals surface area contributed by atoms with E-state index in [2.05, 4.69) is 12.2 Å². The van der Waals surface area contributed by atoms with Crippen molar-refractivity contribution in [1.29, 1.82) is 0 Å². The molecular formula is C13H19NOS. The highest BCUT2D eigenvalue weighted by atomic mass is 32.1. The molecule has 0 radical (unpaired) electrons. The van der Waals surface area contributed by atoms with Crippen LogP contribution in [0.3, 0.4) is 0 Å². The fourth-order valence-electron chi connectivity index (χ4n) is 2.44. The SMILES string of the molecule is C[C@H](NC(=O)c1cccs1)C1CCCCC1. The maximum Gasteiger partial charge on any atom is 0.261 e. The molecule has 1 aliphatic rings. The summed E-state index contributed by atoms with van der Waals surface area (Å²) in [5, 5.41) is 5.07. The smallest absolute Gasteiger partial charge is 0.261 e. The van der Waals surface area contributed by atoms with E-state index in [-0.39, 0.29) is 5.91 Å². The summed E-state index contributed by atoms with van der Waals surface area (Å²) in [5.74, 6) is 0.769. The van der Waals surface area contributed by atoms with Gasteiger partial charge in [-0.1, -0.05) is 25.3 Å². The summed E-state index contributed by atoms with van der Waals surface area (Å²) in [7, 11) is 0. The third-order valence-corrected chi connectivity index (χ3v) is 4.33. The molecule has 2 rings (SSSR count). The van der Waals surface area contributed by atoms with Crippen molar-refractivity contribution in [3.05, 3.63) is 22.4 Å². The first-order valence-electron chi connectivity index (χ1n) is 6.12. The lowest BCUT2D eigenvalue weighted by molar-refractivity contribution is 0.0923. The van der Waals surface area contributed by atoms with E-state index in [4.69, 9.17) is 0 Å². The van der Waals surface area contributed by atoms with Crippen LogP contribution in [-0.4, -0.2) is 11.9 Å². The fraction of sp³-hybridized carbons (Fsp3) is 0.615. The van der Waals surface area contributed by atoms with Gasteiger partial charge in [-0.15, -0.1) is 11.3 Å². The van der Waals surface area contributed by atoms with E-state index < -0.39 is 0 Å². The molecule has 0 saturated heterocycles. The van der Waals surface area contributed by atoms with Crippen LogP contribution >= 0.6 is 11.3 Å². The number of rotatable bonds is 3. The molecule has 1 heterocycles. The monoisotopic (exact) mass is 237 g/mol. The second kappa shape index (κ2) is 5.48. The molecule has 1 aromatic heterocycles. The van der Waals surface area contributed by atoms with Crippen LogP contribution in [0.4, 0.5) is 0 Å². The van der Waals surface area contributed by atoms with Crippen LogP contribution in [0.5, 0.6) is 0 Å². The quantitative estimate of drug-likeness (QED) is 0.857. The Hall–Kier alpha value is -0.830. The fourth-order valence-corrected chi connectivity index (χ4v) is 3.06. The van der Waals surface area contributed by atoms with Gasteiger partial charge in [0.1, 0.15) is 0 Å². The Balaban J connectivity index is 1.86. The number of amides is 1. The first-order chi connectivity index (χ1) is 7.77. The topological polar surface area (TPSA) is 29.1 Å². The first-order valence-corrected chi connectivity index (χ1v) is 6.99. The van der Waals surface area contributed by atoms with Crippen LogP contribution in [0.15, 0.2) is 17.5 Å². The summed E-state index contributed by atoms with van der Waals surface area (Å²) >= 11 is 1.51. The van der Waals surface area contributed by atoms with Gasteiger partial charge in [0.05, 0.1) is 4.88 Å². The van der Waals surface area contributed by atoms with Gasteiger partial charge in [-0.25, -0.2) is 0 Å². The van der Waals surface area contributed by atoms with Gasteiger partial charge in [0.2, 0.25) is 0 Å². The summed E-state index contributed by atoms with van der Waals surface area (Å²) in [5.41, 5.74) is 0. The highest BCUT2D eigenvalue weighted by Gasteiger charge is 2.21. The molecule has 2 nitrogen and oxygen atoms in total. The number of carbonyl (C=O) groups excluding carboxylic acids is 1. The second-order valence-corrected chi connectivity index (χ2v) is 5.59. The molecule has 1 aliphatic carbocycles. The predicted octanol–water partition coefficient (Wildman–Crippen LogP) is 3.45. The van der Waals surface area contributed by atoms with Crippen LogP contribution in [0.1, 0.15) is 48.7 Å². The molecule has 1 saturated carbocycles. The van der Waals surface area contributed by atoms with Gasteiger partial charge in [0.15, 0.2) is 0 Å². The van der Waals surface area contributed by atoms with Gasteiger partial charge in [-0.2, -0.15) is 0 Å². The number of hydrogen-bond acceptors (Lipinski definition) is 2. The Kier molecular flexibility index (Phi) is 3.99. The summed E-state index contributed by atoms with van der Waals surface area (Å²) in [6.45, 7) is 2.14. The minimum Gasteiger partial charge on any atom is -0.349 e. The van der Waals surface area contributed by atoms with Crippen molar-refractivity contribution in [2.75, 3.05) is 0 Å². The van der Waals surface area contributed by atoms with E-state index in [1.165, 1.54) is 43.4 Å². The largest absolute Gasteiger partial charge is 0.349 e. The molecule has 1 aromatic rings. The summed E-state index contributed by atoms with van der Waals surface area (Å²) in [6.07, 6.45) is 6.55. The zero-order valence-electron chi connectivity index (χ0n) is 9.74. The van der Waals surface area contributed by atoms with Gasteiger partial charge in [-0.3, -0.25) is 4.79 Å². The molecule has 16 heavy (non-hydrogen) atoms. The zero-order valence-corrected chi connectivity index (χ0v) is 10.6. The molecule has 1 atom stereocenters. The molecule has 0 unspecified atom stereocenters. The Bertz CT molecular complexity index is 328. The van der Waals surface area contributed by atoms with E-state index in [0.717, 1.165) is 4.88 Å². The highest BCUT2D eigenvalue weighted by molar-refractivity contribution is 7.12. The van der Waals surface area contributed by atoms with Gasteiger partial charge in [-0.05, 0) is 37.1 Å². The maximum absolute atomic E-state index is 11.9. The average molecular weight is 237 g/mol. The lowest BCUT2D eigenvalue weighted by Gasteiger charge is -2.28. The van der Waals surface area contributed by atoms with Gasteiger partial charge < -0.3 is 5.32 Å². The third kappa shape index (κ3) is 2.85. The predicted molar refractivity (Wildman–Crippen MR) is 67.8 cm³/mol. The number of carbonyl (C=O) groups is 1. The molecule has 1 N–H and O–H groups in total. The molecule has 1 fully saturated rings. The molecule has 0 spiro atoms. The number of thiophene rings is 1. The molecule has 1 amide bonds. The number of hydrogen-bond donors (Lipinski definition) is 1. The van der Waals surface area contributed by atoms with E-state index >= 15 is 0 Å². The first kappa shape index (κ1) is 11.6. The Morgan fingerprint density at radius 3 is 2.81 bits per heavy atom. The number of nitrogens with one attached hydrogen (secondary N) is 1. The average Bonchev–Trinajstić information content (AvgIpc) is 2.83. The lowest BCUT2D eigenvalue weighted by atomic mass is 9.84. The zero-order chi connectivity index (χ0) is 11.4. The van der Waals surface area contributed by atoms with Crippen molar-refractivity contribution in [2.24, 2.45) is 5.92 Å². The third-order valence-electron chi connectivity index (χ3n) is 3.46. The van der Waals surface area contributed by atoms with Gasteiger partial charge in [0.25, 0.3) is 5.91 Å². The van der Waals surface area contributed by atoms with Gasteiger partial charge >= 0.3 is 0 Å². The molecular weight excluding hydrogens is 218 g/mol. The van der Waals surface area contributed by atoms with Crippen molar-refractivity contribution in [1.82, 2.24) is 5.32 Å². The van der Waals surface area contributed by atoms with Crippen LogP contribution < -0.4 is 5.32 Å². The second-order valence-electron chi connectivity index (χ2n) is 4.64. The minimum absolute atomic E-state index is 0.0908. The van der Waals surface area contributed by atoms with Crippen molar-refractivity contribution >= 4 is 17.2 Å². The van der Waals surface area contributed by atoms with E-state index in [1.807, 2.05) is 17.5 Å². The lowest BCUT2D eigenvalue weighted by Crippen LogP contribution is -2.38. The van der Waals surface area contributed by atoms with Crippen LogP contribution in [0.25, 0.3) is 0 Å². The molecule has 0 aromatic carbocycles. The summed E-state index contributed by atoms with van der Waals surface area (Å²) in [6, 6.07) is 4.12. The van der Waals surface area contributed by atoms with Gasteiger partial charge in [0, 0.05) is 6.04 Å². The summed E-state index contributed by atoms with van der Waals surface area (Å²) < 4.78 is 0. The molecule has 0 aliphatic heterocycles. The van der Waals surface area contributed by atoms with Crippen LogP contribution in [0.2, 0.25) is 0 Å². The Labute approximate surface area is 101 Å². The Morgan fingerprint density at radius 2 is 2.19 bits per heavy atom. The van der Waals surface area contributed by atoms with Crippen molar-refractivity contribution in [2.45, 2.75) is 45.1 Å². The van der Waals surface area contributed by atoms with E-state index in [0.29, 0.717) is 12.0 Å². The maximum atomic E-state index is 11.9. The van der Waals surface area contributed by atoms with E-state index in [9.17, 15) is 4.79 Å². The van der Waals surface area contributed by atoms with Crippen LogP contribution in [0, 0.1) is 5.92 Å². The Morgan fingerprint density at radius 1 is 1.44 bits per heavy atom. The standard InChI is InChI=1S/C13H19NOS/c1-10(11-6-3-2-4-7-11)14-13(15)12-8-5-9-16-12/h5,8-11H,2-4,6-7H2,1H3,(H,14,15)/t10-/m0/s1. The molecule has 0 bridgehead atoms.